The fraction of sp³-hybridized carbons (Fsp3) is 0.483. The van der Waals surface area contributed by atoms with E-state index in [1.165, 1.54) is 11.1 Å². The first-order chi connectivity index (χ1) is 17.6. The molecule has 7 heteroatoms. The van der Waals surface area contributed by atoms with Crippen LogP contribution >= 0.6 is 0 Å². The molecule has 0 bridgehead atoms. The molecule has 188 valence electrons. The first-order valence-electron chi connectivity index (χ1n) is 13.5. The Morgan fingerprint density at radius 1 is 0.806 bits per heavy atom. The van der Waals surface area contributed by atoms with E-state index in [2.05, 4.69) is 17.0 Å². The summed E-state index contributed by atoms with van der Waals surface area (Å²) in [7, 11) is 0. The van der Waals surface area contributed by atoms with Crippen LogP contribution in [0.3, 0.4) is 0 Å². The lowest BCUT2D eigenvalue weighted by Crippen LogP contribution is -2.57. The molecule has 1 unspecified atom stereocenters. The fourth-order valence-electron chi connectivity index (χ4n) is 6.28. The molecule has 1 atom stereocenters. The third-order valence-electron chi connectivity index (χ3n) is 8.30. The van der Waals surface area contributed by atoms with Crippen LogP contribution in [-0.4, -0.2) is 66.3 Å². The van der Waals surface area contributed by atoms with Crippen molar-refractivity contribution >= 4 is 29.1 Å². The number of fused-ring (bicyclic) bond motifs is 4. The lowest BCUT2D eigenvalue weighted by Gasteiger charge is -2.45. The number of carbonyl (C=O) groups excluding carboxylic acids is 3. The largest absolute Gasteiger partial charge is 0.358 e. The maximum Gasteiger partial charge on any atom is 0.253 e. The van der Waals surface area contributed by atoms with Crippen LogP contribution in [0.2, 0.25) is 0 Å². The molecule has 0 aliphatic carbocycles. The highest BCUT2D eigenvalue weighted by atomic mass is 16.2. The minimum Gasteiger partial charge on any atom is -0.358 e. The summed E-state index contributed by atoms with van der Waals surface area (Å²) in [6, 6.07) is 13.8. The van der Waals surface area contributed by atoms with E-state index in [1.807, 2.05) is 40.1 Å². The van der Waals surface area contributed by atoms with Gasteiger partial charge in [-0.05, 0) is 74.3 Å². The van der Waals surface area contributed by atoms with Crippen molar-refractivity contribution in [1.82, 2.24) is 9.80 Å². The summed E-state index contributed by atoms with van der Waals surface area (Å²) in [5, 5.41) is 0. The first kappa shape index (κ1) is 23.1. The number of benzene rings is 2. The van der Waals surface area contributed by atoms with Crippen molar-refractivity contribution in [2.24, 2.45) is 0 Å². The Kier molecular flexibility index (Phi) is 6.15. The average molecular weight is 487 g/mol. The molecule has 0 radical (unpaired) electrons. The van der Waals surface area contributed by atoms with Crippen LogP contribution in [0.1, 0.15) is 60.0 Å². The van der Waals surface area contributed by atoms with E-state index in [0.717, 1.165) is 70.3 Å². The first-order valence-corrected chi connectivity index (χ1v) is 13.5. The van der Waals surface area contributed by atoms with Gasteiger partial charge in [-0.15, -0.1) is 0 Å². The van der Waals surface area contributed by atoms with E-state index >= 15 is 0 Å². The Morgan fingerprint density at radius 3 is 2.42 bits per heavy atom. The van der Waals surface area contributed by atoms with Gasteiger partial charge in [0, 0.05) is 38.3 Å². The van der Waals surface area contributed by atoms with Gasteiger partial charge in [0.15, 0.2) is 0 Å². The topological polar surface area (TPSA) is 64.2 Å². The predicted molar refractivity (Wildman–Crippen MR) is 139 cm³/mol. The van der Waals surface area contributed by atoms with Crippen molar-refractivity contribution in [2.45, 2.75) is 57.5 Å². The second-order valence-electron chi connectivity index (χ2n) is 10.5. The quantitative estimate of drug-likeness (QED) is 0.665. The number of hydrogen-bond donors (Lipinski definition) is 0. The minimum absolute atomic E-state index is 0.0136. The molecular formula is C29H34N4O3. The molecular weight excluding hydrogens is 452 g/mol. The van der Waals surface area contributed by atoms with E-state index in [9.17, 15) is 14.4 Å². The molecule has 0 saturated carbocycles. The van der Waals surface area contributed by atoms with E-state index < -0.39 is 0 Å². The van der Waals surface area contributed by atoms with E-state index in [-0.39, 0.29) is 30.3 Å². The Labute approximate surface area is 212 Å². The molecule has 4 aliphatic rings. The lowest BCUT2D eigenvalue weighted by atomic mass is 9.95. The van der Waals surface area contributed by atoms with Crippen molar-refractivity contribution in [1.29, 1.82) is 0 Å². The number of amides is 3. The van der Waals surface area contributed by atoms with Gasteiger partial charge in [-0.25, -0.2) is 0 Å². The highest BCUT2D eigenvalue weighted by Gasteiger charge is 2.41. The highest BCUT2D eigenvalue weighted by Crippen LogP contribution is 2.40. The number of rotatable bonds is 3. The number of likely N-dealkylation sites (tertiary alicyclic amines) is 1. The maximum atomic E-state index is 13.7. The van der Waals surface area contributed by atoms with Gasteiger partial charge >= 0.3 is 0 Å². The van der Waals surface area contributed by atoms with Crippen LogP contribution in [0.5, 0.6) is 0 Å². The van der Waals surface area contributed by atoms with E-state index in [1.54, 1.807) is 4.90 Å². The second-order valence-corrected chi connectivity index (χ2v) is 10.5. The summed E-state index contributed by atoms with van der Waals surface area (Å²) in [6.45, 7) is 3.64. The van der Waals surface area contributed by atoms with Crippen LogP contribution in [0.15, 0.2) is 42.5 Å². The smallest absolute Gasteiger partial charge is 0.253 e. The van der Waals surface area contributed by atoms with E-state index in [4.69, 9.17) is 0 Å². The van der Waals surface area contributed by atoms with Gasteiger partial charge in [-0.3, -0.25) is 19.3 Å². The van der Waals surface area contributed by atoms with Crippen LogP contribution in [-0.2, 0) is 22.6 Å². The molecule has 2 fully saturated rings. The maximum absolute atomic E-state index is 13.7. The van der Waals surface area contributed by atoms with Gasteiger partial charge < -0.3 is 14.7 Å². The van der Waals surface area contributed by atoms with Gasteiger partial charge in [0.2, 0.25) is 11.8 Å². The van der Waals surface area contributed by atoms with E-state index in [0.29, 0.717) is 24.3 Å². The summed E-state index contributed by atoms with van der Waals surface area (Å²) in [5.74, 6) is -0.0408. The van der Waals surface area contributed by atoms with Crippen LogP contribution in [0.25, 0.3) is 0 Å². The number of carbonyl (C=O) groups is 3. The highest BCUT2D eigenvalue weighted by molar-refractivity contribution is 6.10. The number of anilines is 2. The summed E-state index contributed by atoms with van der Waals surface area (Å²) in [5.41, 5.74) is 4.73. The van der Waals surface area contributed by atoms with Crippen LogP contribution in [0, 0.1) is 0 Å². The Hall–Kier alpha value is -3.35. The molecule has 2 aromatic carbocycles. The average Bonchev–Trinajstić information content (AvgIpc) is 2.94. The molecule has 6 rings (SSSR count). The van der Waals surface area contributed by atoms with Crippen molar-refractivity contribution in [3.8, 4) is 0 Å². The minimum atomic E-state index is -0.232. The van der Waals surface area contributed by atoms with Gasteiger partial charge in [-0.1, -0.05) is 24.3 Å². The third kappa shape index (κ3) is 4.14. The molecule has 7 nitrogen and oxygen atoms in total. The summed E-state index contributed by atoms with van der Waals surface area (Å²) in [4.78, 5) is 48.2. The standard InChI is InChI=1S/C29H34N4O3/c34-27(31-17-13-21-8-2-3-9-23(21)19-31)20-33-26-18-22(28(35)30-14-5-1-6-15-30)11-12-24(26)32-16-7-4-10-25(32)29(33)36/h2-3,8-9,11-12,18,25H,1,4-7,10,13-17,19-20H2. The monoisotopic (exact) mass is 486 g/mol. The molecule has 4 heterocycles. The zero-order valence-electron chi connectivity index (χ0n) is 20.8. The van der Waals surface area contributed by atoms with Gasteiger partial charge in [0.25, 0.3) is 5.91 Å². The Bertz CT molecular complexity index is 1190. The zero-order valence-corrected chi connectivity index (χ0v) is 20.8. The number of piperidine rings is 2. The van der Waals surface area contributed by atoms with Crippen molar-refractivity contribution in [3.63, 3.8) is 0 Å². The SMILES string of the molecule is O=C(CN1C(=O)C2CCCCN2c2ccc(C(=O)N3CCCCC3)cc21)N1CCc2ccccc2C1. The molecule has 0 N–H and O–H groups in total. The molecule has 4 aliphatic heterocycles. The van der Waals surface area contributed by atoms with Crippen molar-refractivity contribution in [3.05, 3.63) is 59.2 Å². The second kappa shape index (κ2) is 9.60. The Morgan fingerprint density at radius 2 is 1.58 bits per heavy atom. The molecule has 2 saturated heterocycles. The van der Waals surface area contributed by atoms with Gasteiger partial charge in [0.1, 0.15) is 12.6 Å². The molecule has 36 heavy (non-hydrogen) atoms. The fourth-order valence-corrected chi connectivity index (χ4v) is 6.28. The molecule has 2 aromatic rings. The van der Waals surface area contributed by atoms with Crippen molar-refractivity contribution in [2.75, 3.05) is 42.5 Å². The third-order valence-corrected chi connectivity index (χ3v) is 8.30. The number of hydrogen-bond acceptors (Lipinski definition) is 4. The number of nitrogens with zero attached hydrogens (tertiary/aromatic N) is 4. The summed E-state index contributed by atoms with van der Waals surface area (Å²) >= 11 is 0. The molecule has 0 aromatic heterocycles. The summed E-state index contributed by atoms with van der Waals surface area (Å²) < 4.78 is 0. The van der Waals surface area contributed by atoms with Crippen LogP contribution < -0.4 is 9.80 Å². The lowest BCUT2D eigenvalue weighted by molar-refractivity contribution is -0.132. The zero-order chi connectivity index (χ0) is 24.6. The Balaban J connectivity index is 1.30. The summed E-state index contributed by atoms with van der Waals surface area (Å²) in [6.07, 6.45) is 6.91. The predicted octanol–water partition coefficient (Wildman–Crippen LogP) is 3.60. The molecule has 0 spiro atoms. The van der Waals surface area contributed by atoms with Gasteiger partial charge in [-0.2, -0.15) is 0 Å². The molecule has 3 amide bonds. The normalized spacial score (nSPS) is 21.6. The van der Waals surface area contributed by atoms with Crippen molar-refractivity contribution < 1.29 is 14.4 Å². The van der Waals surface area contributed by atoms with Crippen LogP contribution in [0.4, 0.5) is 11.4 Å². The van der Waals surface area contributed by atoms with Gasteiger partial charge in [0.05, 0.1) is 11.4 Å².